The van der Waals surface area contributed by atoms with Crippen molar-refractivity contribution in [2.75, 3.05) is 13.2 Å². The van der Waals surface area contributed by atoms with Crippen LogP contribution in [0, 0.1) is 27.7 Å². The largest absolute Gasteiger partial charge is 0.461 e. The maximum atomic E-state index is 13.8. The van der Waals surface area contributed by atoms with Crippen molar-refractivity contribution < 1.29 is 17.9 Å². The molecule has 0 radical (unpaired) electrons. The third-order valence-corrected chi connectivity index (χ3v) is 7.85. The summed E-state index contributed by atoms with van der Waals surface area (Å²) in [6.45, 7) is 9.95. The van der Waals surface area contributed by atoms with E-state index in [9.17, 15) is 13.2 Å². The summed E-state index contributed by atoms with van der Waals surface area (Å²) >= 11 is 0. The van der Waals surface area contributed by atoms with Crippen LogP contribution in [0.2, 0.25) is 0 Å². The van der Waals surface area contributed by atoms with E-state index in [2.05, 4.69) is 4.98 Å². The van der Waals surface area contributed by atoms with E-state index in [1.165, 1.54) is 4.31 Å². The molecule has 0 saturated carbocycles. The van der Waals surface area contributed by atoms with E-state index >= 15 is 0 Å². The van der Waals surface area contributed by atoms with E-state index in [0.717, 1.165) is 27.9 Å². The van der Waals surface area contributed by atoms with E-state index in [1.54, 1.807) is 13.0 Å². The number of ether oxygens (including phenoxy) is 1. The van der Waals surface area contributed by atoms with E-state index in [4.69, 9.17) is 4.74 Å². The van der Waals surface area contributed by atoms with E-state index in [-0.39, 0.29) is 13.2 Å². The number of aromatic amines is 1. The highest BCUT2D eigenvalue weighted by Gasteiger charge is 2.29. The standard InChI is InChI=1S/C26H32N2O4S/c1-6-32-26(29)25-20(4)23(21(5)27-25)17-28(15-14-22-10-8-7-9-11-22)33(30,31)24-13-12-18(2)16-19(24)3/h7-13,16,27H,6,14-15,17H2,1-5H3. The van der Waals surface area contributed by atoms with Crippen LogP contribution in [0.15, 0.2) is 53.4 Å². The second-order valence-electron chi connectivity index (χ2n) is 8.29. The van der Waals surface area contributed by atoms with Crippen molar-refractivity contribution in [2.45, 2.75) is 52.5 Å². The summed E-state index contributed by atoms with van der Waals surface area (Å²) in [6, 6.07) is 15.2. The van der Waals surface area contributed by atoms with Gasteiger partial charge in [0.2, 0.25) is 10.0 Å². The number of aryl methyl sites for hydroxylation is 3. The predicted octanol–water partition coefficient (Wildman–Crippen LogP) is 4.86. The van der Waals surface area contributed by atoms with Crippen LogP contribution in [0.3, 0.4) is 0 Å². The Hall–Kier alpha value is -2.90. The number of carbonyl (C=O) groups is 1. The molecule has 7 heteroatoms. The quantitative estimate of drug-likeness (QED) is 0.455. The maximum absolute atomic E-state index is 13.8. The van der Waals surface area contributed by atoms with Gasteiger partial charge in [-0.25, -0.2) is 13.2 Å². The first kappa shape index (κ1) is 24.7. The highest BCUT2D eigenvalue weighted by Crippen LogP contribution is 2.26. The van der Waals surface area contributed by atoms with Crippen LogP contribution >= 0.6 is 0 Å². The molecule has 0 aliphatic rings. The SMILES string of the molecule is CCOC(=O)c1[nH]c(C)c(CN(CCc2ccccc2)S(=O)(=O)c2ccc(C)cc2C)c1C. The molecule has 6 nitrogen and oxygen atoms in total. The average Bonchev–Trinajstić information content (AvgIpc) is 3.05. The first-order chi connectivity index (χ1) is 15.6. The number of carbonyl (C=O) groups excluding carboxylic acids is 1. The number of sulfonamides is 1. The number of H-pyrrole nitrogens is 1. The predicted molar refractivity (Wildman–Crippen MR) is 130 cm³/mol. The van der Waals surface area contributed by atoms with Gasteiger partial charge in [0.25, 0.3) is 0 Å². The maximum Gasteiger partial charge on any atom is 0.355 e. The molecule has 33 heavy (non-hydrogen) atoms. The molecule has 0 amide bonds. The fourth-order valence-electron chi connectivity index (χ4n) is 4.02. The molecule has 176 valence electrons. The second-order valence-corrected chi connectivity index (χ2v) is 10.2. The number of esters is 1. The highest BCUT2D eigenvalue weighted by atomic mass is 32.2. The Morgan fingerprint density at radius 3 is 2.36 bits per heavy atom. The number of aromatic nitrogens is 1. The molecule has 1 heterocycles. The molecule has 0 fully saturated rings. The van der Waals surface area contributed by atoms with Crippen LogP contribution in [-0.4, -0.2) is 36.8 Å². The lowest BCUT2D eigenvalue weighted by molar-refractivity contribution is 0.0519. The van der Waals surface area contributed by atoms with Crippen molar-refractivity contribution >= 4 is 16.0 Å². The lowest BCUT2D eigenvalue weighted by Crippen LogP contribution is -2.33. The van der Waals surface area contributed by atoms with Crippen molar-refractivity contribution in [1.82, 2.24) is 9.29 Å². The molecule has 0 bridgehead atoms. The zero-order valence-corrected chi connectivity index (χ0v) is 20.8. The van der Waals surface area contributed by atoms with Gasteiger partial charge >= 0.3 is 5.97 Å². The van der Waals surface area contributed by atoms with Crippen LogP contribution in [0.4, 0.5) is 0 Å². The van der Waals surface area contributed by atoms with E-state index < -0.39 is 16.0 Å². The van der Waals surface area contributed by atoms with Crippen LogP contribution in [-0.2, 0) is 27.7 Å². The van der Waals surface area contributed by atoms with Gasteiger partial charge in [-0.1, -0.05) is 48.0 Å². The Balaban J connectivity index is 2.00. The molecule has 3 rings (SSSR count). The number of hydrogen-bond donors (Lipinski definition) is 1. The van der Waals surface area contributed by atoms with Crippen molar-refractivity contribution in [3.05, 3.63) is 87.7 Å². The molecule has 0 saturated heterocycles. The summed E-state index contributed by atoms with van der Waals surface area (Å²) in [5.41, 5.74) is 5.43. The van der Waals surface area contributed by atoms with Gasteiger partial charge in [0.05, 0.1) is 11.5 Å². The fourth-order valence-corrected chi connectivity index (χ4v) is 5.63. The van der Waals surface area contributed by atoms with Crippen LogP contribution in [0.25, 0.3) is 0 Å². The number of rotatable bonds is 9. The fraction of sp³-hybridized carbons (Fsp3) is 0.346. The Morgan fingerprint density at radius 2 is 1.73 bits per heavy atom. The molecular weight excluding hydrogens is 436 g/mol. The summed E-state index contributed by atoms with van der Waals surface area (Å²) in [5.74, 6) is -0.433. The number of benzene rings is 2. The third-order valence-electron chi connectivity index (χ3n) is 5.85. The lowest BCUT2D eigenvalue weighted by Gasteiger charge is -2.24. The van der Waals surface area contributed by atoms with Crippen LogP contribution in [0.5, 0.6) is 0 Å². The van der Waals surface area contributed by atoms with Gasteiger partial charge in [0, 0.05) is 18.8 Å². The first-order valence-corrected chi connectivity index (χ1v) is 12.6. The van der Waals surface area contributed by atoms with Crippen LogP contribution in [0.1, 0.15) is 50.9 Å². The topological polar surface area (TPSA) is 79.5 Å². The zero-order valence-electron chi connectivity index (χ0n) is 19.9. The van der Waals surface area contributed by atoms with Gasteiger partial charge in [-0.3, -0.25) is 0 Å². The molecule has 3 aromatic rings. The summed E-state index contributed by atoms with van der Waals surface area (Å²) in [5, 5.41) is 0. The van der Waals surface area contributed by atoms with Gasteiger partial charge < -0.3 is 9.72 Å². The van der Waals surface area contributed by atoms with E-state index in [0.29, 0.717) is 29.1 Å². The number of nitrogens with zero attached hydrogens (tertiary/aromatic N) is 1. The minimum atomic E-state index is -3.77. The molecule has 0 unspecified atom stereocenters. The molecule has 0 aliphatic carbocycles. The minimum absolute atomic E-state index is 0.163. The number of nitrogens with one attached hydrogen (secondary N) is 1. The first-order valence-electron chi connectivity index (χ1n) is 11.1. The highest BCUT2D eigenvalue weighted by molar-refractivity contribution is 7.89. The molecule has 0 atom stereocenters. The Bertz CT molecular complexity index is 1230. The van der Waals surface area contributed by atoms with Crippen molar-refractivity contribution in [3.63, 3.8) is 0 Å². The molecule has 2 aromatic carbocycles. The molecule has 1 N–H and O–H groups in total. The van der Waals surface area contributed by atoms with Gasteiger partial charge in [0.1, 0.15) is 5.69 Å². The van der Waals surface area contributed by atoms with Gasteiger partial charge in [0.15, 0.2) is 0 Å². The van der Waals surface area contributed by atoms with Gasteiger partial charge in [-0.2, -0.15) is 4.31 Å². The Labute approximate surface area is 196 Å². The number of hydrogen-bond acceptors (Lipinski definition) is 4. The van der Waals surface area contributed by atoms with E-state index in [1.807, 2.05) is 70.2 Å². The summed E-state index contributed by atoms with van der Waals surface area (Å²) in [4.78, 5) is 15.7. The average molecular weight is 469 g/mol. The van der Waals surface area contributed by atoms with Gasteiger partial charge in [-0.05, 0) is 69.4 Å². The second kappa shape index (κ2) is 10.4. The Kier molecular flexibility index (Phi) is 7.76. The minimum Gasteiger partial charge on any atom is -0.461 e. The zero-order chi connectivity index (χ0) is 24.2. The summed E-state index contributed by atoms with van der Waals surface area (Å²) in [7, 11) is -3.77. The lowest BCUT2D eigenvalue weighted by atomic mass is 10.1. The molecular formula is C26H32N2O4S. The van der Waals surface area contributed by atoms with Crippen molar-refractivity contribution in [3.8, 4) is 0 Å². The molecule has 0 spiro atoms. The monoisotopic (exact) mass is 468 g/mol. The van der Waals surface area contributed by atoms with Crippen LogP contribution < -0.4 is 0 Å². The summed E-state index contributed by atoms with van der Waals surface area (Å²) < 4.78 is 34.2. The Morgan fingerprint density at radius 1 is 1.03 bits per heavy atom. The van der Waals surface area contributed by atoms with Gasteiger partial charge in [-0.15, -0.1) is 0 Å². The van der Waals surface area contributed by atoms with Crippen molar-refractivity contribution in [1.29, 1.82) is 0 Å². The van der Waals surface area contributed by atoms with Crippen molar-refractivity contribution in [2.24, 2.45) is 0 Å². The normalized spacial score (nSPS) is 11.7. The molecule has 0 aliphatic heterocycles. The third kappa shape index (κ3) is 5.54. The smallest absolute Gasteiger partial charge is 0.355 e. The summed E-state index contributed by atoms with van der Waals surface area (Å²) in [6.07, 6.45) is 0.582. The molecule has 1 aromatic heterocycles.